The number of amides is 1. The molecule has 0 unspecified atom stereocenters. The third kappa shape index (κ3) is 3.64. The first-order chi connectivity index (χ1) is 13.6. The lowest BCUT2D eigenvalue weighted by atomic mass is 10.0. The van der Waals surface area contributed by atoms with Gasteiger partial charge in [0.1, 0.15) is 0 Å². The summed E-state index contributed by atoms with van der Waals surface area (Å²) in [5, 5.41) is 3.28. The first-order valence-corrected chi connectivity index (χ1v) is 11.2. The second-order valence-corrected chi connectivity index (χ2v) is 9.10. The standard InChI is InChI=1S/C21H25N3O3S/c25-21(23-13-5-11-22-12-15-23)18-7-3-9-19(16-18)28(26,27)24-14-4-8-17-6-1-2-10-20(17)24/h1-3,6-7,9-10,16,22H,4-5,8,11-15H2. The SMILES string of the molecule is O=C(c1cccc(S(=O)(=O)N2CCCc3ccccc32)c1)N1CCCNCC1. The van der Waals surface area contributed by atoms with E-state index in [9.17, 15) is 13.2 Å². The first-order valence-electron chi connectivity index (χ1n) is 9.78. The van der Waals surface area contributed by atoms with E-state index in [2.05, 4.69) is 5.32 Å². The smallest absolute Gasteiger partial charge is 0.264 e. The molecule has 2 aromatic rings. The molecule has 1 N–H and O–H groups in total. The van der Waals surface area contributed by atoms with E-state index in [1.54, 1.807) is 23.1 Å². The molecule has 148 valence electrons. The number of carbonyl (C=O) groups excluding carboxylic acids is 1. The fourth-order valence-electron chi connectivity index (χ4n) is 3.90. The highest BCUT2D eigenvalue weighted by atomic mass is 32.2. The van der Waals surface area contributed by atoms with Gasteiger partial charge in [0.2, 0.25) is 0 Å². The number of benzene rings is 2. The van der Waals surface area contributed by atoms with Gasteiger partial charge < -0.3 is 10.2 Å². The van der Waals surface area contributed by atoms with Crippen molar-refractivity contribution < 1.29 is 13.2 Å². The summed E-state index contributed by atoms with van der Waals surface area (Å²) >= 11 is 0. The minimum absolute atomic E-state index is 0.111. The van der Waals surface area contributed by atoms with Crippen LogP contribution in [0.1, 0.15) is 28.8 Å². The van der Waals surface area contributed by atoms with Crippen LogP contribution in [0.5, 0.6) is 0 Å². The second kappa shape index (κ2) is 7.93. The highest BCUT2D eigenvalue weighted by Gasteiger charge is 2.29. The molecule has 28 heavy (non-hydrogen) atoms. The monoisotopic (exact) mass is 399 g/mol. The highest BCUT2D eigenvalue weighted by molar-refractivity contribution is 7.92. The molecular weight excluding hydrogens is 374 g/mol. The van der Waals surface area contributed by atoms with E-state index in [1.165, 1.54) is 10.4 Å². The lowest BCUT2D eigenvalue weighted by molar-refractivity contribution is 0.0766. The van der Waals surface area contributed by atoms with Crippen molar-refractivity contribution in [1.29, 1.82) is 0 Å². The average molecular weight is 400 g/mol. The first kappa shape index (κ1) is 19.0. The van der Waals surface area contributed by atoms with Crippen molar-refractivity contribution in [2.45, 2.75) is 24.2 Å². The Morgan fingerprint density at radius 2 is 1.79 bits per heavy atom. The normalized spacial score (nSPS) is 17.7. The molecule has 1 amide bonds. The van der Waals surface area contributed by atoms with Gasteiger partial charge >= 0.3 is 0 Å². The molecule has 1 fully saturated rings. The van der Waals surface area contributed by atoms with Crippen LogP contribution in [0.4, 0.5) is 5.69 Å². The lowest BCUT2D eigenvalue weighted by Gasteiger charge is -2.30. The zero-order chi connectivity index (χ0) is 19.6. The van der Waals surface area contributed by atoms with Crippen molar-refractivity contribution in [3.63, 3.8) is 0 Å². The van der Waals surface area contributed by atoms with Gasteiger partial charge in [-0.2, -0.15) is 0 Å². The maximum atomic E-state index is 13.3. The topological polar surface area (TPSA) is 69.7 Å². The molecule has 4 rings (SSSR count). The number of carbonyl (C=O) groups is 1. The predicted octanol–water partition coefficient (Wildman–Crippen LogP) is 2.26. The summed E-state index contributed by atoms with van der Waals surface area (Å²) < 4.78 is 28.2. The fourth-order valence-corrected chi connectivity index (χ4v) is 5.48. The van der Waals surface area contributed by atoms with Crippen molar-refractivity contribution in [3.05, 3.63) is 59.7 Å². The molecule has 0 aromatic heterocycles. The number of para-hydroxylation sites is 1. The largest absolute Gasteiger partial charge is 0.337 e. The summed E-state index contributed by atoms with van der Waals surface area (Å²) in [4.78, 5) is 14.9. The highest BCUT2D eigenvalue weighted by Crippen LogP contribution is 2.32. The summed E-state index contributed by atoms with van der Waals surface area (Å²) in [6.45, 7) is 3.42. The summed E-state index contributed by atoms with van der Waals surface area (Å²) in [5.41, 5.74) is 2.21. The van der Waals surface area contributed by atoms with Gasteiger partial charge in [-0.1, -0.05) is 24.3 Å². The molecule has 0 bridgehead atoms. The van der Waals surface area contributed by atoms with Crippen LogP contribution in [0.3, 0.4) is 0 Å². The quantitative estimate of drug-likeness (QED) is 0.860. The van der Waals surface area contributed by atoms with Crippen molar-refractivity contribution in [2.75, 3.05) is 37.0 Å². The molecule has 0 spiro atoms. The maximum Gasteiger partial charge on any atom is 0.264 e. The van der Waals surface area contributed by atoms with Gasteiger partial charge in [0, 0.05) is 31.7 Å². The Kier molecular flexibility index (Phi) is 5.37. The molecule has 1 saturated heterocycles. The summed E-state index contributed by atoms with van der Waals surface area (Å²) in [7, 11) is -3.72. The van der Waals surface area contributed by atoms with Crippen molar-refractivity contribution in [2.24, 2.45) is 0 Å². The van der Waals surface area contributed by atoms with Crippen LogP contribution in [0.2, 0.25) is 0 Å². The molecule has 6 nitrogen and oxygen atoms in total. The van der Waals surface area contributed by atoms with Gasteiger partial charge in [0.05, 0.1) is 10.6 Å². The van der Waals surface area contributed by atoms with Gasteiger partial charge in [0.25, 0.3) is 15.9 Å². The number of fused-ring (bicyclic) bond motifs is 1. The van der Waals surface area contributed by atoms with Gasteiger partial charge in [-0.3, -0.25) is 9.10 Å². The fraction of sp³-hybridized carbons (Fsp3) is 0.381. The molecule has 0 saturated carbocycles. The molecule has 0 radical (unpaired) electrons. The third-order valence-electron chi connectivity index (χ3n) is 5.36. The molecule has 0 atom stereocenters. The van der Waals surface area contributed by atoms with Crippen LogP contribution < -0.4 is 9.62 Å². The number of nitrogens with one attached hydrogen (secondary N) is 1. The average Bonchev–Trinajstić information content (AvgIpc) is 3.02. The van der Waals surface area contributed by atoms with E-state index in [1.807, 2.05) is 24.3 Å². The van der Waals surface area contributed by atoms with Crippen molar-refractivity contribution in [1.82, 2.24) is 10.2 Å². The van der Waals surface area contributed by atoms with Crippen LogP contribution >= 0.6 is 0 Å². The van der Waals surface area contributed by atoms with Crippen LogP contribution in [-0.2, 0) is 16.4 Å². The van der Waals surface area contributed by atoms with E-state index in [0.29, 0.717) is 25.2 Å². The maximum absolute atomic E-state index is 13.3. The predicted molar refractivity (Wildman–Crippen MR) is 109 cm³/mol. The Bertz CT molecular complexity index is 966. The molecule has 2 heterocycles. The van der Waals surface area contributed by atoms with E-state index in [0.717, 1.165) is 43.6 Å². The Hall–Kier alpha value is -2.38. The Morgan fingerprint density at radius 3 is 2.68 bits per heavy atom. The van der Waals surface area contributed by atoms with Crippen molar-refractivity contribution >= 4 is 21.6 Å². The van der Waals surface area contributed by atoms with Crippen LogP contribution in [0.15, 0.2) is 53.4 Å². The minimum atomic E-state index is -3.72. The number of aryl methyl sites for hydroxylation is 1. The van der Waals surface area contributed by atoms with Gasteiger partial charge in [0.15, 0.2) is 0 Å². The van der Waals surface area contributed by atoms with Crippen LogP contribution in [0, 0.1) is 0 Å². The van der Waals surface area contributed by atoms with E-state index >= 15 is 0 Å². The number of hydrogen-bond donors (Lipinski definition) is 1. The molecule has 2 aliphatic heterocycles. The number of nitrogens with zero attached hydrogens (tertiary/aromatic N) is 2. The number of rotatable bonds is 3. The third-order valence-corrected chi connectivity index (χ3v) is 7.17. The Morgan fingerprint density at radius 1 is 0.929 bits per heavy atom. The lowest BCUT2D eigenvalue weighted by Crippen LogP contribution is -2.36. The number of sulfonamides is 1. The Labute approximate surface area is 166 Å². The van der Waals surface area contributed by atoms with E-state index in [4.69, 9.17) is 0 Å². The molecule has 2 aromatic carbocycles. The summed E-state index contributed by atoms with van der Waals surface area (Å²) in [6.07, 6.45) is 2.56. The number of anilines is 1. The minimum Gasteiger partial charge on any atom is -0.337 e. The molecule has 7 heteroatoms. The van der Waals surface area contributed by atoms with E-state index < -0.39 is 10.0 Å². The zero-order valence-electron chi connectivity index (χ0n) is 15.8. The van der Waals surface area contributed by atoms with Gasteiger partial charge in [-0.05, 0) is 55.6 Å². The van der Waals surface area contributed by atoms with Gasteiger partial charge in [-0.15, -0.1) is 0 Å². The summed E-state index contributed by atoms with van der Waals surface area (Å²) in [6, 6.07) is 14.1. The molecular formula is C21H25N3O3S. The van der Waals surface area contributed by atoms with Gasteiger partial charge in [-0.25, -0.2) is 8.42 Å². The molecule has 2 aliphatic rings. The van der Waals surface area contributed by atoms with Crippen molar-refractivity contribution in [3.8, 4) is 0 Å². The van der Waals surface area contributed by atoms with Crippen LogP contribution in [-0.4, -0.2) is 51.9 Å². The number of hydrogen-bond acceptors (Lipinski definition) is 4. The van der Waals surface area contributed by atoms with Crippen LogP contribution in [0.25, 0.3) is 0 Å². The molecule has 0 aliphatic carbocycles. The zero-order valence-corrected chi connectivity index (χ0v) is 16.6. The summed E-state index contributed by atoms with van der Waals surface area (Å²) in [5.74, 6) is -0.111. The Balaban J connectivity index is 1.65. The van der Waals surface area contributed by atoms with E-state index in [-0.39, 0.29) is 10.8 Å². The second-order valence-electron chi connectivity index (χ2n) is 7.23.